The van der Waals surface area contributed by atoms with Crippen LogP contribution in [0, 0.1) is 0 Å². The number of nitrogens with zero attached hydrogens (tertiary/aromatic N) is 4. The Labute approximate surface area is 250 Å². The number of fused-ring (bicyclic) bond motifs is 1. The Bertz CT molecular complexity index is 1390. The van der Waals surface area contributed by atoms with E-state index in [4.69, 9.17) is 32.7 Å². The van der Waals surface area contributed by atoms with Crippen molar-refractivity contribution in [1.29, 1.82) is 0 Å². The number of likely N-dealkylation sites (N-methyl/N-ethyl adjacent to an activating group) is 1. The zero-order valence-electron chi connectivity index (χ0n) is 23.5. The van der Waals surface area contributed by atoms with Gasteiger partial charge < -0.3 is 19.3 Å². The molecule has 10 heteroatoms. The van der Waals surface area contributed by atoms with Gasteiger partial charge in [0.25, 0.3) is 5.91 Å². The SMILES string of the molecule is CN(C)c1ccc(-c2ccc(C(CN3CCOCC3)N(C)C(=O)CN3C(=O)COc4cc(Cl)c(Cl)cc43)cc2)cc1. The van der Waals surface area contributed by atoms with Gasteiger partial charge in [-0.3, -0.25) is 19.4 Å². The molecule has 3 aromatic rings. The molecule has 216 valence electrons. The van der Waals surface area contributed by atoms with Gasteiger partial charge in [0.2, 0.25) is 5.91 Å². The number of benzene rings is 3. The van der Waals surface area contributed by atoms with Crippen LogP contribution in [0.5, 0.6) is 5.75 Å². The summed E-state index contributed by atoms with van der Waals surface area (Å²) in [5.41, 5.74) is 4.82. The number of carbonyl (C=O) groups excluding carboxylic acids is 2. The third kappa shape index (κ3) is 6.62. The first-order valence-corrected chi connectivity index (χ1v) is 14.3. The molecule has 2 heterocycles. The van der Waals surface area contributed by atoms with Gasteiger partial charge in [0, 0.05) is 52.5 Å². The molecular formula is C31H34Cl2N4O4. The van der Waals surface area contributed by atoms with Crippen LogP contribution >= 0.6 is 23.2 Å². The van der Waals surface area contributed by atoms with Crippen molar-refractivity contribution in [2.75, 3.05) is 76.9 Å². The Balaban J connectivity index is 1.38. The second-order valence-electron chi connectivity index (χ2n) is 10.5. The number of halogens is 2. The summed E-state index contributed by atoms with van der Waals surface area (Å²) >= 11 is 12.4. The van der Waals surface area contributed by atoms with Crippen molar-refractivity contribution in [3.8, 4) is 16.9 Å². The lowest BCUT2D eigenvalue weighted by molar-refractivity contribution is -0.133. The highest BCUT2D eigenvalue weighted by Gasteiger charge is 2.32. The molecule has 5 rings (SSSR count). The summed E-state index contributed by atoms with van der Waals surface area (Å²) < 4.78 is 11.1. The molecule has 41 heavy (non-hydrogen) atoms. The topological polar surface area (TPSA) is 65.6 Å². The molecular weight excluding hydrogens is 563 g/mol. The fraction of sp³-hybridized carbons (Fsp3) is 0.355. The first-order chi connectivity index (χ1) is 19.7. The first-order valence-electron chi connectivity index (χ1n) is 13.6. The maximum Gasteiger partial charge on any atom is 0.265 e. The molecule has 2 amide bonds. The number of rotatable bonds is 8. The molecule has 1 atom stereocenters. The van der Waals surface area contributed by atoms with E-state index in [0.717, 1.165) is 35.5 Å². The van der Waals surface area contributed by atoms with E-state index < -0.39 is 0 Å². The number of hydrogen-bond donors (Lipinski definition) is 0. The molecule has 0 saturated carbocycles. The Morgan fingerprint density at radius 3 is 2.17 bits per heavy atom. The molecule has 1 unspecified atom stereocenters. The fourth-order valence-corrected chi connectivity index (χ4v) is 5.43. The quantitative estimate of drug-likeness (QED) is 0.365. The molecule has 1 fully saturated rings. The molecule has 0 radical (unpaired) electrons. The van der Waals surface area contributed by atoms with Crippen molar-refractivity contribution < 1.29 is 19.1 Å². The minimum absolute atomic E-state index is 0.139. The van der Waals surface area contributed by atoms with Crippen LogP contribution in [0.3, 0.4) is 0 Å². The van der Waals surface area contributed by atoms with E-state index in [2.05, 4.69) is 58.3 Å². The molecule has 0 bridgehead atoms. The number of amides is 2. The number of ether oxygens (including phenoxy) is 2. The molecule has 0 N–H and O–H groups in total. The van der Waals surface area contributed by atoms with Crippen molar-refractivity contribution in [2.24, 2.45) is 0 Å². The molecule has 0 aliphatic carbocycles. The van der Waals surface area contributed by atoms with Crippen molar-refractivity contribution in [1.82, 2.24) is 9.80 Å². The molecule has 2 aliphatic rings. The number of anilines is 2. The van der Waals surface area contributed by atoms with Crippen LogP contribution in [0.15, 0.2) is 60.7 Å². The van der Waals surface area contributed by atoms with Crippen molar-refractivity contribution in [3.63, 3.8) is 0 Å². The van der Waals surface area contributed by atoms with Gasteiger partial charge in [0.05, 0.1) is 35.0 Å². The summed E-state index contributed by atoms with van der Waals surface area (Å²) in [5.74, 6) is -0.0839. The molecule has 3 aromatic carbocycles. The summed E-state index contributed by atoms with van der Waals surface area (Å²) in [6.07, 6.45) is 0. The third-order valence-corrected chi connectivity index (χ3v) is 8.37. The van der Waals surface area contributed by atoms with E-state index in [9.17, 15) is 9.59 Å². The van der Waals surface area contributed by atoms with Gasteiger partial charge in [-0.05, 0) is 34.9 Å². The maximum absolute atomic E-state index is 13.7. The van der Waals surface area contributed by atoms with E-state index in [0.29, 0.717) is 36.2 Å². The summed E-state index contributed by atoms with van der Waals surface area (Å²) in [7, 11) is 5.84. The van der Waals surface area contributed by atoms with Crippen molar-refractivity contribution in [2.45, 2.75) is 6.04 Å². The van der Waals surface area contributed by atoms with Crippen LogP contribution in [0.2, 0.25) is 10.0 Å². The van der Waals surface area contributed by atoms with Crippen LogP contribution in [0.25, 0.3) is 11.1 Å². The van der Waals surface area contributed by atoms with E-state index in [1.54, 1.807) is 24.1 Å². The molecule has 0 spiro atoms. The zero-order chi connectivity index (χ0) is 29.1. The molecule has 2 aliphatic heterocycles. The van der Waals surface area contributed by atoms with Gasteiger partial charge in [-0.25, -0.2) is 0 Å². The van der Waals surface area contributed by atoms with Crippen LogP contribution in [0.4, 0.5) is 11.4 Å². The van der Waals surface area contributed by atoms with E-state index in [-0.39, 0.29) is 36.0 Å². The highest BCUT2D eigenvalue weighted by Crippen LogP contribution is 2.39. The molecule has 0 aromatic heterocycles. The van der Waals surface area contributed by atoms with Crippen LogP contribution < -0.4 is 14.5 Å². The minimum atomic E-state index is -0.313. The highest BCUT2D eigenvalue weighted by molar-refractivity contribution is 6.42. The van der Waals surface area contributed by atoms with E-state index in [1.807, 2.05) is 14.1 Å². The van der Waals surface area contributed by atoms with Gasteiger partial charge in [-0.1, -0.05) is 59.6 Å². The van der Waals surface area contributed by atoms with E-state index >= 15 is 0 Å². The number of carbonyl (C=O) groups is 2. The summed E-state index contributed by atoms with van der Waals surface area (Å²) in [4.78, 5) is 34.1. The second kappa shape index (κ2) is 12.7. The second-order valence-corrected chi connectivity index (χ2v) is 11.3. The van der Waals surface area contributed by atoms with Crippen LogP contribution in [-0.2, 0) is 14.3 Å². The highest BCUT2D eigenvalue weighted by atomic mass is 35.5. The lowest BCUT2D eigenvalue weighted by Crippen LogP contribution is -2.48. The predicted octanol–water partition coefficient (Wildman–Crippen LogP) is 4.98. The van der Waals surface area contributed by atoms with Gasteiger partial charge in [-0.15, -0.1) is 0 Å². The lowest BCUT2D eigenvalue weighted by Gasteiger charge is -2.37. The fourth-order valence-electron chi connectivity index (χ4n) is 5.12. The van der Waals surface area contributed by atoms with E-state index in [1.165, 1.54) is 4.90 Å². The average molecular weight is 598 g/mol. The minimum Gasteiger partial charge on any atom is -0.482 e. The predicted molar refractivity (Wildman–Crippen MR) is 163 cm³/mol. The zero-order valence-corrected chi connectivity index (χ0v) is 25.0. The van der Waals surface area contributed by atoms with Crippen molar-refractivity contribution in [3.05, 3.63) is 76.3 Å². The first kappa shape index (κ1) is 29.2. The normalized spacial score (nSPS) is 16.1. The van der Waals surface area contributed by atoms with Gasteiger partial charge >= 0.3 is 0 Å². The number of hydrogen-bond acceptors (Lipinski definition) is 6. The Hall–Kier alpha value is -3.30. The van der Waals surface area contributed by atoms with Crippen LogP contribution in [-0.4, -0.2) is 88.8 Å². The standard InChI is InChI=1S/C31H34Cl2N4O4/c1-34(2)24-10-8-22(9-11-24)21-4-6-23(7-5-21)28(18-36-12-14-40-15-13-36)35(3)30(38)19-37-27-16-25(32)26(33)17-29(27)41-20-31(37)39/h4-11,16-17,28H,12-15,18-20H2,1-3H3. The summed E-state index contributed by atoms with van der Waals surface area (Å²) in [6, 6.07) is 19.7. The largest absolute Gasteiger partial charge is 0.482 e. The van der Waals surface area contributed by atoms with Crippen molar-refractivity contribution >= 4 is 46.4 Å². The smallest absolute Gasteiger partial charge is 0.265 e. The monoisotopic (exact) mass is 596 g/mol. The third-order valence-electron chi connectivity index (χ3n) is 7.65. The maximum atomic E-state index is 13.7. The molecule has 8 nitrogen and oxygen atoms in total. The van der Waals surface area contributed by atoms with Crippen LogP contribution in [0.1, 0.15) is 11.6 Å². The van der Waals surface area contributed by atoms with Gasteiger partial charge in [0.1, 0.15) is 12.3 Å². The lowest BCUT2D eigenvalue weighted by atomic mass is 9.99. The Morgan fingerprint density at radius 1 is 0.927 bits per heavy atom. The Morgan fingerprint density at radius 2 is 1.54 bits per heavy atom. The molecule has 1 saturated heterocycles. The number of morpholine rings is 1. The van der Waals surface area contributed by atoms with Gasteiger partial charge in [0.15, 0.2) is 6.61 Å². The summed E-state index contributed by atoms with van der Waals surface area (Å²) in [6.45, 7) is 3.25. The Kier molecular flexibility index (Phi) is 9.04. The van der Waals surface area contributed by atoms with Gasteiger partial charge in [-0.2, -0.15) is 0 Å². The average Bonchev–Trinajstić information content (AvgIpc) is 2.98. The summed E-state index contributed by atoms with van der Waals surface area (Å²) in [5, 5.41) is 0.613.